The molecule has 1 unspecified atom stereocenters. The molecule has 0 spiro atoms. The van der Waals surface area contributed by atoms with Crippen LogP contribution in [0, 0.1) is 0 Å². The molecule has 2 N–H and O–H groups in total. The Kier molecular flexibility index (Phi) is 17.0. The summed E-state index contributed by atoms with van der Waals surface area (Å²) < 4.78 is 4.71. The van der Waals surface area contributed by atoms with Gasteiger partial charge in [-0.05, 0) is 19.8 Å². The van der Waals surface area contributed by atoms with Crippen LogP contribution in [0.15, 0.2) is 24.3 Å². The van der Waals surface area contributed by atoms with E-state index in [0.717, 1.165) is 12.8 Å². The molecular formula is C12H21KO4. The number of ether oxygens (including phenoxy) is 1. The van der Waals surface area contributed by atoms with E-state index in [2.05, 4.69) is 0 Å². The van der Waals surface area contributed by atoms with E-state index >= 15 is 0 Å². The zero-order valence-corrected chi connectivity index (χ0v) is 13.8. The average Bonchev–Trinajstić information content (AvgIpc) is 2.25. The summed E-state index contributed by atoms with van der Waals surface area (Å²) in [7, 11) is 0. The minimum absolute atomic E-state index is 0. The standard InChI is InChI=1S/C12H20O4.K.H/c1-2-3-5-8-11(14)16-12(15)9-6-4-7-10-13;;/h2-3,5,8,12-13,15H,4,6-7,9-10H2,1H3;;/q;+1;-1/b3-2+,8-5+;;. The molecule has 0 aromatic carbocycles. The predicted octanol–water partition coefficient (Wildman–Crippen LogP) is -1.35. The third-order valence-corrected chi connectivity index (χ3v) is 1.90. The van der Waals surface area contributed by atoms with Gasteiger partial charge < -0.3 is 16.4 Å². The van der Waals surface area contributed by atoms with Crippen molar-refractivity contribution in [1.82, 2.24) is 0 Å². The number of allylic oxidation sites excluding steroid dienone is 3. The van der Waals surface area contributed by atoms with Gasteiger partial charge in [0.05, 0.1) is 0 Å². The average molecular weight is 268 g/mol. The fourth-order valence-corrected chi connectivity index (χ4v) is 1.09. The van der Waals surface area contributed by atoms with Crippen molar-refractivity contribution in [2.45, 2.75) is 38.9 Å². The molecule has 0 aromatic heterocycles. The largest absolute Gasteiger partial charge is 1.00 e. The van der Waals surface area contributed by atoms with Gasteiger partial charge in [0.15, 0.2) is 0 Å². The first-order chi connectivity index (χ1) is 7.70. The zero-order valence-electron chi connectivity index (χ0n) is 11.6. The van der Waals surface area contributed by atoms with E-state index in [1.165, 1.54) is 6.08 Å². The Bertz CT molecular complexity index is 244. The van der Waals surface area contributed by atoms with Gasteiger partial charge in [-0.1, -0.05) is 24.6 Å². The molecule has 0 saturated heterocycles. The van der Waals surface area contributed by atoms with Crippen molar-refractivity contribution in [3.8, 4) is 0 Å². The number of unbranched alkanes of at least 4 members (excludes halogenated alkanes) is 2. The van der Waals surface area contributed by atoms with Crippen LogP contribution in [-0.4, -0.2) is 29.1 Å². The van der Waals surface area contributed by atoms with Crippen molar-refractivity contribution < 1.29 is 72.6 Å². The molecule has 0 rings (SSSR count). The van der Waals surface area contributed by atoms with Crippen LogP contribution in [0.5, 0.6) is 0 Å². The van der Waals surface area contributed by atoms with E-state index in [-0.39, 0.29) is 59.4 Å². The molecule has 0 fully saturated rings. The van der Waals surface area contributed by atoms with Crippen molar-refractivity contribution in [1.29, 1.82) is 0 Å². The van der Waals surface area contributed by atoms with E-state index in [0.29, 0.717) is 12.8 Å². The van der Waals surface area contributed by atoms with Gasteiger partial charge in [-0.15, -0.1) is 0 Å². The van der Waals surface area contributed by atoms with Gasteiger partial charge in [0.1, 0.15) is 0 Å². The van der Waals surface area contributed by atoms with Gasteiger partial charge in [0.25, 0.3) is 0 Å². The van der Waals surface area contributed by atoms with Crippen LogP contribution in [0.1, 0.15) is 34.0 Å². The Morgan fingerprint density at radius 3 is 2.65 bits per heavy atom. The first-order valence-corrected chi connectivity index (χ1v) is 5.49. The number of rotatable bonds is 8. The number of hydrogen-bond donors (Lipinski definition) is 2. The first-order valence-electron chi connectivity index (χ1n) is 5.49. The summed E-state index contributed by atoms with van der Waals surface area (Å²) in [5.74, 6) is -0.548. The fourth-order valence-electron chi connectivity index (χ4n) is 1.09. The third-order valence-electron chi connectivity index (χ3n) is 1.90. The van der Waals surface area contributed by atoms with Gasteiger partial charge >= 0.3 is 57.4 Å². The maximum Gasteiger partial charge on any atom is 1.00 e. The topological polar surface area (TPSA) is 66.8 Å². The molecular weight excluding hydrogens is 247 g/mol. The van der Waals surface area contributed by atoms with E-state index in [4.69, 9.17) is 9.84 Å². The monoisotopic (exact) mass is 268 g/mol. The molecule has 17 heavy (non-hydrogen) atoms. The molecule has 0 bridgehead atoms. The number of hydrogen-bond acceptors (Lipinski definition) is 4. The maximum atomic E-state index is 11.1. The van der Waals surface area contributed by atoms with E-state index in [1.54, 1.807) is 18.2 Å². The van der Waals surface area contributed by atoms with Crippen LogP contribution < -0.4 is 51.4 Å². The van der Waals surface area contributed by atoms with Crippen LogP contribution >= 0.6 is 0 Å². The second-order valence-electron chi connectivity index (χ2n) is 3.35. The summed E-state index contributed by atoms with van der Waals surface area (Å²) in [6, 6.07) is 0. The Balaban J connectivity index is -0.00000112. The van der Waals surface area contributed by atoms with E-state index < -0.39 is 12.3 Å². The summed E-state index contributed by atoms with van der Waals surface area (Å²) in [6.45, 7) is 1.99. The smallest absolute Gasteiger partial charge is 1.00 e. The summed E-state index contributed by atoms with van der Waals surface area (Å²) in [4.78, 5) is 11.1. The predicted molar refractivity (Wildman–Crippen MR) is 62.7 cm³/mol. The Morgan fingerprint density at radius 2 is 2.06 bits per heavy atom. The number of carbonyl (C=O) groups excluding carboxylic acids is 1. The molecule has 0 saturated carbocycles. The second-order valence-corrected chi connectivity index (χ2v) is 3.35. The maximum absolute atomic E-state index is 11.1. The number of carbonyl (C=O) groups is 1. The van der Waals surface area contributed by atoms with Gasteiger partial charge in [0.2, 0.25) is 6.29 Å². The fraction of sp³-hybridized carbons (Fsp3) is 0.583. The molecule has 1 atom stereocenters. The van der Waals surface area contributed by atoms with Crippen LogP contribution in [0.2, 0.25) is 0 Å². The molecule has 94 valence electrons. The minimum atomic E-state index is -1.05. The summed E-state index contributed by atoms with van der Waals surface area (Å²) in [6.07, 6.45) is 7.92. The van der Waals surface area contributed by atoms with Crippen molar-refractivity contribution >= 4 is 5.97 Å². The molecule has 0 amide bonds. The number of aliphatic hydroxyl groups is 2. The third kappa shape index (κ3) is 14.4. The number of aliphatic hydroxyl groups excluding tert-OH is 2. The molecule has 0 aliphatic heterocycles. The van der Waals surface area contributed by atoms with Crippen LogP contribution in [0.4, 0.5) is 0 Å². The molecule has 0 radical (unpaired) electrons. The van der Waals surface area contributed by atoms with Crippen LogP contribution in [0.25, 0.3) is 0 Å². The summed E-state index contributed by atoms with van der Waals surface area (Å²) in [5.41, 5.74) is 0. The van der Waals surface area contributed by atoms with Crippen molar-refractivity contribution in [2.75, 3.05) is 6.61 Å². The van der Waals surface area contributed by atoms with Crippen molar-refractivity contribution in [3.63, 3.8) is 0 Å². The van der Waals surface area contributed by atoms with Crippen LogP contribution in [0.3, 0.4) is 0 Å². The zero-order chi connectivity index (χ0) is 12.2. The van der Waals surface area contributed by atoms with E-state index in [1.807, 2.05) is 6.92 Å². The molecule has 0 aromatic rings. The Labute approximate surface area is 147 Å². The second kappa shape index (κ2) is 14.6. The molecule has 0 aliphatic rings. The minimum Gasteiger partial charge on any atom is -1.00 e. The van der Waals surface area contributed by atoms with Crippen molar-refractivity contribution in [2.24, 2.45) is 0 Å². The van der Waals surface area contributed by atoms with Gasteiger partial charge in [-0.3, -0.25) is 0 Å². The van der Waals surface area contributed by atoms with Gasteiger partial charge in [-0.2, -0.15) is 0 Å². The van der Waals surface area contributed by atoms with Crippen molar-refractivity contribution in [3.05, 3.63) is 24.3 Å². The summed E-state index contributed by atoms with van der Waals surface area (Å²) in [5, 5.41) is 17.9. The first kappa shape index (κ1) is 19.8. The number of esters is 1. The molecule has 0 heterocycles. The SMILES string of the molecule is C/C=C/C=C/C(=O)OC(O)CCCCCO.[H-].[K+]. The van der Waals surface area contributed by atoms with Gasteiger partial charge in [0, 0.05) is 19.1 Å². The van der Waals surface area contributed by atoms with E-state index in [9.17, 15) is 9.90 Å². The Hall–Kier alpha value is 0.506. The Morgan fingerprint density at radius 1 is 1.35 bits per heavy atom. The molecule has 0 aliphatic carbocycles. The quantitative estimate of drug-likeness (QED) is 0.143. The van der Waals surface area contributed by atoms with Crippen LogP contribution in [-0.2, 0) is 9.53 Å². The molecule has 4 nitrogen and oxygen atoms in total. The summed E-state index contributed by atoms with van der Waals surface area (Å²) >= 11 is 0. The normalized spacial score (nSPS) is 12.6. The molecule has 5 heteroatoms. The van der Waals surface area contributed by atoms with Gasteiger partial charge in [-0.25, -0.2) is 4.79 Å².